The lowest BCUT2D eigenvalue weighted by atomic mass is 9.98. The van der Waals surface area contributed by atoms with E-state index in [0.29, 0.717) is 6.10 Å². The minimum Gasteiger partial charge on any atom is -0.366 e. The van der Waals surface area contributed by atoms with Crippen LogP contribution in [0.4, 0.5) is 0 Å². The van der Waals surface area contributed by atoms with Gasteiger partial charge < -0.3 is 4.74 Å². The van der Waals surface area contributed by atoms with Gasteiger partial charge in [0.2, 0.25) is 0 Å². The van der Waals surface area contributed by atoms with Crippen molar-refractivity contribution in [1.29, 1.82) is 0 Å². The number of hydrogen-bond donors (Lipinski definition) is 0. The monoisotopic (exact) mass is 254 g/mol. The second kappa shape index (κ2) is 4.03. The third kappa shape index (κ3) is 2.18. The number of alkyl halides is 1. The van der Waals surface area contributed by atoms with Crippen LogP contribution in [0, 0.1) is 0 Å². The first-order valence-electron chi connectivity index (χ1n) is 5.04. The molecule has 0 spiro atoms. The molecule has 0 amide bonds. The van der Waals surface area contributed by atoms with Crippen LogP contribution in [0.25, 0.3) is 0 Å². The lowest BCUT2D eigenvalue weighted by molar-refractivity contribution is -0.0290. The van der Waals surface area contributed by atoms with E-state index < -0.39 is 0 Å². The Kier molecular flexibility index (Phi) is 2.93. The molecule has 0 N–H and O–H groups in total. The van der Waals surface area contributed by atoms with Crippen molar-refractivity contribution >= 4 is 15.9 Å². The topological polar surface area (TPSA) is 9.23 Å². The number of ether oxygens (including phenoxy) is 1. The zero-order chi connectivity index (χ0) is 10.0. The molecule has 2 heteroatoms. The first-order valence-corrected chi connectivity index (χ1v) is 6.16. The van der Waals surface area contributed by atoms with E-state index in [1.807, 2.05) is 6.07 Å². The van der Waals surface area contributed by atoms with E-state index in [2.05, 4.69) is 47.1 Å². The summed E-state index contributed by atoms with van der Waals surface area (Å²) in [5.41, 5.74) is 1.09. The Balaban J connectivity index is 2.17. The average Bonchev–Trinajstić information content (AvgIpc) is 3.03. The number of benzene rings is 1. The molecule has 1 aliphatic rings. The van der Waals surface area contributed by atoms with Gasteiger partial charge in [0.25, 0.3) is 0 Å². The zero-order valence-corrected chi connectivity index (χ0v) is 9.96. The second-order valence-corrected chi connectivity index (χ2v) is 4.61. The molecule has 1 fully saturated rings. The summed E-state index contributed by atoms with van der Waals surface area (Å²) in [6.07, 6.45) is 2.92. The first-order chi connectivity index (χ1) is 6.74. The molecule has 1 atom stereocenters. The molecule has 14 heavy (non-hydrogen) atoms. The molecule has 1 unspecified atom stereocenters. The maximum absolute atomic E-state index is 6.04. The molecular formula is C12H15BrO. The fourth-order valence-electron chi connectivity index (χ4n) is 1.52. The summed E-state index contributed by atoms with van der Waals surface area (Å²) < 4.78 is 6.04. The first kappa shape index (κ1) is 10.2. The summed E-state index contributed by atoms with van der Waals surface area (Å²) >= 11 is 3.54. The molecule has 0 radical (unpaired) electrons. The summed E-state index contributed by atoms with van der Waals surface area (Å²) in [5.74, 6) is 0. The maximum Gasteiger partial charge on any atom is 0.100 e. The minimum absolute atomic E-state index is 0.164. The molecule has 0 aliphatic heterocycles. The lowest BCUT2D eigenvalue weighted by Crippen LogP contribution is -2.28. The predicted molar refractivity (Wildman–Crippen MR) is 61.7 cm³/mol. The van der Waals surface area contributed by atoms with Crippen LogP contribution in [0.5, 0.6) is 0 Å². The molecule has 0 saturated heterocycles. The largest absolute Gasteiger partial charge is 0.366 e. The SMILES string of the molecule is CC(CBr)(OC1CC1)c1ccccc1. The van der Waals surface area contributed by atoms with Gasteiger partial charge in [0, 0.05) is 5.33 Å². The highest BCUT2D eigenvalue weighted by Crippen LogP contribution is 2.35. The van der Waals surface area contributed by atoms with Crippen LogP contribution in [0.1, 0.15) is 25.3 Å². The van der Waals surface area contributed by atoms with Crippen molar-refractivity contribution in [2.45, 2.75) is 31.5 Å². The molecule has 0 aromatic heterocycles. The number of rotatable bonds is 4. The van der Waals surface area contributed by atoms with Gasteiger partial charge in [-0.3, -0.25) is 0 Å². The Morgan fingerprint density at radius 1 is 1.36 bits per heavy atom. The number of hydrogen-bond acceptors (Lipinski definition) is 1. The lowest BCUT2D eigenvalue weighted by Gasteiger charge is -2.28. The highest BCUT2D eigenvalue weighted by Gasteiger charge is 2.34. The molecular weight excluding hydrogens is 240 g/mol. The van der Waals surface area contributed by atoms with Gasteiger partial charge in [-0.2, -0.15) is 0 Å². The molecule has 0 bridgehead atoms. The Labute approximate surface area is 93.6 Å². The van der Waals surface area contributed by atoms with Crippen molar-refractivity contribution in [2.75, 3.05) is 5.33 Å². The van der Waals surface area contributed by atoms with Crippen molar-refractivity contribution in [1.82, 2.24) is 0 Å². The van der Waals surface area contributed by atoms with Crippen LogP contribution < -0.4 is 0 Å². The van der Waals surface area contributed by atoms with Gasteiger partial charge in [-0.05, 0) is 25.3 Å². The van der Waals surface area contributed by atoms with Crippen LogP contribution in [-0.4, -0.2) is 11.4 Å². The Hall–Kier alpha value is -0.340. The summed E-state index contributed by atoms with van der Waals surface area (Å²) in [6.45, 7) is 2.15. The van der Waals surface area contributed by atoms with Gasteiger partial charge in [0.15, 0.2) is 0 Å². The molecule has 1 aromatic rings. The van der Waals surface area contributed by atoms with Crippen molar-refractivity contribution in [3.05, 3.63) is 35.9 Å². The summed E-state index contributed by atoms with van der Waals surface area (Å²) in [6, 6.07) is 10.4. The molecule has 76 valence electrons. The van der Waals surface area contributed by atoms with Crippen LogP contribution in [0.3, 0.4) is 0 Å². The Bertz CT molecular complexity index is 294. The van der Waals surface area contributed by atoms with Crippen molar-refractivity contribution in [3.8, 4) is 0 Å². The summed E-state index contributed by atoms with van der Waals surface area (Å²) in [4.78, 5) is 0. The van der Waals surface area contributed by atoms with Crippen molar-refractivity contribution in [3.63, 3.8) is 0 Å². The van der Waals surface area contributed by atoms with E-state index in [4.69, 9.17) is 4.74 Å². The second-order valence-electron chi connectivity index (χ2n) is 4.05. The van der Waals surface area contributed by atoms with E-state index >= 15 is 0 Å². The molecule has 1 nitrogen and oxygen atoms in total. The van der Waals surface area contributed by atoms with E-state index in [0.717, 1.165) is 5.33 Å². The zero-order valence-electron chi connectivity index (χ0n) is 8.37. The normalized spacial score (nSPS) is 20.4. The van der Waals surface area contributed by atoms with Gasteiger partial charge in [-0.1, -0.05) is 46.3 Å². The highest BCUT2D eigenvalue weighted by molar-refractivity contribution is 9.09. The van der Waals surface area contributed by atoms with Crippen molar-refractivity contribution < 1.29 is 4.74 Å². The van der Waals surface area contributed by atoms with Gasteiger partial charge in [0.1, 0.15) is 5.60 Å². The Morgan fingerprint density at radius 2 is 2.00 bits per heavy atom. The standard InChI is InChI=1S/C12H15BrO/c1-12(9-13,14-11-7-8-11)10-5-3-2-4-6-10/h2-6,11H,7-9H2,1H3. The third-order valence-electron chi connectivity index (χ3n) is 2.59. The fourth-order valence-corrected chi connectivity index (χ4v) is 1.98. The van der Waals surface area contributed by atoms with Crippen LogP contribution in [0.2, 0.25) is 0 Å². The quantitative estimate of drug-likeness (QED) is 0.748. The average molecular weight is 255 g/mol. The Morgan fingerprint density at radius 3 is 2.50 bits per heavy atom. The third-order valence-corrected chi connectivity index (χ3v) is 3.66. The van der Waals surface area contributed by atoms with Gasteiger partial charge in [-0.25, -0.2) is 0 Å². The molecule has 1 aromatic carbocycles. The van der Waals surface area contributed by atoms with Gasteiger partial charge >= 0.3 is 0 Å². The summed E-state index contributed by atoms with van der Waals surface area (Å²) in [7, 11) is 0. The van der Waals surface area contributed by atoms with Crippen molar-refractivity contribution in [2.24, 2.45) is 0 Å². The molecule has 0 heterocycles. The van der Waals surface area contributed by atoms with E-state index in [9.17, 15) is 0 Å². The van der Waals surface area contributed by atoms with E-state index in [1.54, 1.807) is 0 Å². The van der Waals surface area contributed by atoms with Gasteiger partial charge in [-0.15, -0.1) is 0 Å². The van der Waals surface area contributed by atoms with Crippen LogP contribution >= 0.6 is 15.9 Å². The fraction of sp³-hybridized carbons (Fsp3) is 0.500. The minimum atomic E-state index is -0.164. The smallest absolute Gasteiger partial charge is 0.100 e. The van der Waals surface area contributed by atoms with Gasteiger partial charge in [0.05, 0.1) is 6.10 Å². The summed E-state index contributed by atoms with van der Waals surface area (Å²) in [5, 5.41) is 0.848. The number of halogens is 1. The van der Waals surface area contributed by atoms with E-state index in [1.165, 1.54) is 18.4 Å². The predicted octanol–water partition coefficient (Wildman–Crippen LogP) is 3.48. The molecule has 1 aliphatic carbocycles. The maximum atomic E-state index is 6.04. The highest BCUT2D eigenvalue weighted by atomic mass is 79.9. The van der Waals surface area contributed by atoms with Crippen LogP contribution in [-0.2, 0) is 10.3 Å². The van der Waals surface area contributed by atoms with Crippen LogP contribution in [0.15, 0.2) is 30.3 Å². The molecule has 2 rings (SSSR count). The van der Waals surface area contributed by atoms with E-state index in [-0.39, 0.29) is 5.60 Å². The molecule has 1 saturated carbocycles.